The molecule has 0 aromatic heterocycles. The molecule has 122 valence electrons. The van der Waals surface area contributed by atoms with E-state index in [0.717, 1.165) is 24.2 Å². The van der Waals surface area contributed by atoms with Crippen molar-refractivity contribution in [2.24, 2.45) is 0 Å². The van der Waals surface area contributed by atoms with Gasteiger partial charge in [0, 0.05) is 18.8 Å². The molecule has 1 aliphatic heterocycles. The van der Waals surface area contributed by atoms with Crippen LogP contribution < -0.4 is 4.90 Å². The Hall–Kier alpha value is -2.98. The van der Waals surface area contributed by atoms with Gasteiger partial charge in [0.15, 0.2) is 0 Å². The molecule has 0 atom stereocenters. The first-order valence-electron chi connectivity index (χ1n) is 8.10. The van der Waals surface area contributed by atoms with Gasteiger partial charge in [0.1, 0.15) is 5.76 Å². The largest absolute Gasteiger partial charge is 0.493 e. The van der Waals surface area contributed by atoms with Crippen molar-refractivity contribution in [2.75, 3.05) is 24.6 Å². The number of benzene rings is 1. The van der Waals surface area contributed by atoms with Crippen LogP contribution in [-0.4, -0.2) is 19.7 Å². The van der Waals surface area contributed by atoms with E-state index in [9.17, 15) is 0 Å². The standard InChI is InChI=1S/C20H21N3O/c1-4-23(5-2)18-9-6-16(7-10-18)8-11-19-14-17(12-13-24-19)20(15-21)22-3/h6-11,14H,4-5,12-13H2,1-2H3/b11-8+,20-17-. The summed E-state index contributed by atoms with van der Waals surface area (Å²) in [5.41, 5.74) is 3.19. The molecule has 0 saturated heterocycles. The average molecular weight is 319 g/mol. The van der Waals surface area contributed by atoms with Gasteiger partial charge in [0.25, 0.3) is 5.70 Å². The SMILES string of the molecule is [C-]#[N+]/C(C#N)=C1C=C(/C=C/c2ccc(N(CC)CC)cc2)OCC\1. The Balaban J connectivity index is 2.15. The lowest BCUT2D eigenvalue weighted by Crippen LogP contribution is -2.21. The van der Waals surface area contributed by atoms with E-state index in [1.165, 1.54) is 5.69 Å². The van der Waals surface area contributed by atoms with E-state index in [1.54, 1.807) is 6.08 Å². The first-order valence-corrected chi connectivity index (χ1v) is 8.10. The maximum Gasteiger partial charge on any atom is 0.265 e. The predicted octanol–water partition coefficient (Wildman–Crippen LogP) is 4.55. The summed E-state index contributed by atoms with van der Waals surface area (Å²) in [5.74, 6) is 0.681. The molecule has 4 nitrogen and oxygen atoms in total. The summed E-state index contributed by atoms with van der Waals surface area (Å²) in [4.78, 5) is 5.56. The van der Waals surface area contributed by atoms with Crippen LogP contribution in [0.4, 0.5) is 5.69 Å². The normalized spacial score (nSPS) is 15.9. The van der Waals surface area contributed by atoms with Crippen LogP contribution in [0.2, 0.25) is 0 Å². The van der Waals surface area contributed by atoms with Crippen molar-refractivity contribution in [2.45, 2.75) is 20.3 Å². The molecule has 0 unspecified atom stereocenters. The van der Waals surface area contributed by atoms with Gasteiger partial charge in [-0.15, -0.1) is 0 Å². The second-order valence-corrected chi connectivity index (χ2v) is 5.34. The maximum atomic E-state index is 8.97. The number of ether oxygens (including phenoxy) is 1. The summed E-state index contributed by atoms with van der Waals surface area (Å²) in [6.07, 6.45) is 6.23. The van der Waals surface area contributed by atoms with E-state index in [-0.39, 0.29) is 5.70 Å². The molecule has 1 aromatic carbocycles. The lowest BCUT2D eigenvalue weighted by molar-refractivity contribution is 0.219. The van der Waals surface area contributed by atoms with Gasteiger partial charge >= 0.3 is 0 Å². The second-order valence-electron chi connectivity index (χ2n) is 5.34. The summed E-state index contributed by atoms with van der Waals surface area (Å²) < 4.78 is 5.59. The maximum absolute atomic E-state index is 8.97. The minimum Gasteiger partial charge on any atom is -0.493 e. The number of anilines is 1. The predicted molar refractivity (Wildman–Crippen MR) is 96.9 cm³/mol. The smallest absolute Gasteiger partial charge is 0.265 e. The van der Waals surface area contributed by atoms with Gasteiger partial charge in [0.05, 0.1) is 19.2 Å². The highest BCUT2D eigenvalue weighted by Gasteiger charge is 2.11. The van der Waals surface area contributed by atoms with Crippen LogP contribution in [0.3, 0.4) is 0 Å². The van der Waals surface area contributed by atoms with Crippen LogP contribution in [-0.2, 0) is 4.74 Å². The third-order valence-electron chi connectivity index (χ3n) is 3.94. The van der Waals surface area contributed by atoms with Crippen molar-refractivity contribution in [1.82, 2.24) is 0 Å². The zero-order valence-electron chi connectivity index (χ0n) is 14.1. The van der Waals surface area contributed by atoms with Crippen molar-refractivity contribution in [3.8, 4) is 6.07 Å². The Labute approximate surface area is 143 Å². The van der Waals surface area contributed by atoms with Gasteiger partial charge in [-0.2, -0.15) is 0 Å². The van der Waals surface area contributed by atoms with E-state index < -0.39 is 0 Å². The Kier molecular flexibility index (Phi) is 6.23. The highest BCUT2D eigenvalue weighted by molar-refractivity contribution is 5.58. The molecule has 0 spiro atoms. The Bertz CT molecular complexity index is 723. The van der Waals surface area contributed by atoms with Crippen molar-refractivity contribution in [3.63, 3.8) is 0 Å². The van der Waals surface area contributed by atoms with E-state index in [1.807, 2.05) is 18.2 Å². The molecule has 0 bridgehead atoms. The molecule has 24 heavy (non-hydrogen) atoms. The molecule has 0 N–H and O–H groups in total. The van der Waals surface area contributed by atoms with Gasteiger partial charge < -0.3 is 9.64 Å². The molecule has 1 heterocycles. The van der Waals surface area contributed by atoms with Crippen LogP contribution in [0.15, 0.2) is 53.4 Å². The Morgan fingerprint density at radius 3 is 2.58 bits per heavy atom. The van der Waals surface area contributed by atoms with Crippen LogP contribution in [0.5, 0.6) is 0 Å². The third-order valence-corrected chi connectivity index (χ3v) is 3.94. The number of hydrogen-bond acceptors (Lipinski definition) is 3. The second kappa shape index (κ2) is 8.60. The molecule has 2 rings (SSSR count). The Morgan fingerprint density at radius 1 is 1.29 bits per heavy atom. The number of allylic oxidation sites excluding steroid dienone is 3. The zero-order chi connectivity index (χ0) is 17.4. The van der Waals surface area contributed by atoms with Crippen molar-refractivity contribution in [1.29, 1.82) is 5.26 Å². The summed E-state index contributed by atoms with van der Waals surface area (Å²) >= 11 is 0. The summed E-state index contributed by atoms with van der Waals surface area (Å²) in [6.45, 7) is 13.8. The summed E-state index contributed by atoms with van der Waals surface area (Å²) in [5, 5.41) is 8.97. The molecular formula is C20H21N3O. The zero-order valence-corrected chi connectivity index (χ0v) is 14.1. The molecule has 0 fully saturated rings. The first-order chi connectivity index (χ1) is 11.7. The van der Waals surface area contributed by atoms with Crippen molar-refractivity contribution >= 4 is 11.8 Å². The molecule has 0 radical (unpaired) electrons. The molecule has 1 aromatic rings. The monoisotopic (exact) mass is 319 g/mol. The van der Waals surface area contributed by atoms with Crippen LogP contribution in [0.1, 0.15) is 25.8 Å². The first kappa shape index (κ1) is 17.4. The number of hydrogen-bond donors (Lipinski definition) is 0. The highest BCUT2D eigenvalue weighted by Crippen LogP contribution is 2.22. The number of nitriles is 1. The summed E-state index contributed by atoms with van der Waals surface area (Å²) in [6, 6.07) is 10.3. The van der Waals surface area contributed by atoms with Gasteiger partial charge in [-0.1, -0.05) is 18.2 Å². The number of nitrogens with zero attached hydrogens (tertiary/aromatic N) is 3. The van der Waals surface area contributed by atoms with Crippen LogP contribution >= 0.6 is 0 Å². The van der Waals surface area contributed by atoms with E-state index in [4.69, 9.17) is 16.6 Å². The molecule has 0 aliphatic carbocycles. The van der Waals surface area contributed by atoms with Crippen LogP contribution in [0, 0.1) is 17.9 Å². The molecule has 0 amide bonds. The van der Waals surface area contributed by atoms with Crippen molar-refractivity contribution < 1.29 is 4.74 Å². The third kappa shape index (κ3) is 4.27. The fourth-order valence-corrected chi connectivity index (χ4v) is 2.58. The fraction of sp³-hybridized carbons (Fsp3) is 0.300. The Morgan fingerprint density at radius 2 is 2.00 bits per heavy atom. The van der Waals surface area contributed by atoms with Gasteiger partial charge in [-0.25, -0.2) is 10.1 Å². The summed E-state index contributed by atoms with van der Waals surface area (Å²) in [7, 11) is 0. The lowest BCUT2D eigenvalue weighted by Gasteiger charge is -2.20. The van der Waals surface area contributed by atoms with E-state index in [0.29, 0.717) is 18.8 Å². The molecule has 0 saturated carbocycles. The lowest BCUT2D eigenvalue weighted by atomic mass is 10.1. The minimum atomic E-state index is 0.146. The van der Waals surface area contributed by atoms with Gasteiger partial charge in [0.2, 0.25) is 0 Å². The molecule has 1 aliphatic rings. The number of rotatable bonds is 5. The van der Waals surface area contributed by atoms with Gasteiger partial charge in [-0.05, 0) is 55.7 Å². The topological polar surface area (TPSA) is 40.6 Å². The highest BCUT2D eigenvalue weighted by atomic mass is 16.5. The minimum absolute atomic E-state index is 0.146. The molecular weight excluding hydrogens is 298 g/mol. The van der Waals surface area contributed by atoms with E-state index in [2.05, 4.69) is 47.9 Å². The van der Waals surface area contributed by atoms with Crippen LogP contribution in [0.25, 0.3) is 10.9 Å². The molecule has 4 heteroatoms. The average Bonchev–Trinajstić information content (AvgIpc) is 2.63. The van der Waals surface area contributed by atoms with Crippen molar-refractivity contribution in [3.05, 3.63) is 70.4 Å². The fourth-order valence-electron chi connectivity index (χ4n) is 2.58. The van der Waals surface area contributed by atoms with E-state index >= 15 is 0 Å². The quantitative estimate of drug-likeness (QED) is 0.590. The van der Waals surface area contributed by atoms with Gasteiger partial charge in [-0.3, -0.25) is 0 Å².